The third-order valence-corrected chi connectivity index (χ3v) is 2.24. The Morgan fingerprint density at radius 1 is 1.31 bits per heavy atom. The summed E-state index contributed by atoms with van der Waals surface area (Å²) in [7, 11) is 0. The molecule has 1 aliphatic rings. The van der Waals surface area contributed by atoms with Gasteiger partial charge in [0.05, 0.1) is 6.10 Å². The zero-order valence-corrected chi connectivity index (χ0v) is 9.18. The number of hydrogen-bond donors (Lipinski definition) is 2. The van der Waals surface area contributed by atoms with Crippen LogP contribution in [0.15, 0.2) is 0 Å². The van der Waals surface area contributed by atoms with E-state index in [4.69, 9.17) is 4.74 Å². The molecular formula is C10H22N2O. The lowest BCUT2D eigenvalue weighted by Crippen LogP contribution is -2.55. The lowest BCUT2D eigenvalue weighted by atomic mass is 10.0. The Morgan fingerprint density at radius 3 is 2.54 bits per heavy atom. The first kappa shape index (κ1) is 11.0. The van der Waals surface area contributed by atoms with Crippen molar-refractivity contribution in [1.82, 2.24) is 10.9 Å². The van der Waals surface area contributed by atoms with E-state index < -0.39 is 0 Å². The molecule has 0 spiro atoms. The van der Waals surface area contributed by atoms with Crippen molar-refractivity contribution in [2.75, 3.05) is 6.61 Å². The molecule has 0 radical (unpaired) electrons. The molecule has 0 aliphatic carbocycles. The first-order valence-electron chi connectivity index (χ1n) is 5.13. The molecule has 2 unspecified atom stereocenters. The third-order valence-electron chi connectivity index (χ3n) is 2.24. The number of nitrogens with one attached hydrogen (secondary N) is 2. The Labute approximate surface area is 81.2 Å². The van der Waals surface area contributed by atoms with Crippen LogP contribution in [0, 0.1) is 0 Å². The molecule has 13 heavy (non-hydrogen) atoms. The fraction of sp³-hybridized carbons (Fsp3) is 1.00. The smallest absolute Gasteiger partial charge is 0.0713 e. The number of ether oxygens (including phenoxy) is 1. The number of hydrazine groups is 1. The lowest BCUT2D eigenvalue weighted by Gasteiger charge is -2.33. The van der Waals surface area contributed by atoms with E-state index in [0.717, 1.165) is 13.0 Å². The summed E-state index contributed by atoms with van der Waals surface area (Å²) in [5.41, 5.74) is 6.75. The Balaban J connectivity index is 2.27. The standard InChI is InChI=1S/C10H22N2O/c1-8-9(6-5-7-13-8)11-12-10(2,3)4/h8-9,11-12H,5-7H2,1-4H3. The van der Waals surface area contributed by atoms with Gasteiger partial charge in [0.25, 0.3) is 0 Å². The Kier molecular flexibility index (Phi) is 3.71. The molecule has 2 N–H and O–H groups in total. The molecule has 0 aromatic rings. The molecule has 1 heterocycles. The maximum atomic E-state index is 5.55. The van der Waals surface area contributed by atoms with Crippen LogP contribution < -0.4 is 10.9 Å². The minimum atomic E-state index is 0.122. The second-order valence-corrected chi connectivity index (χ2v) is 4.84. The fourth-order valence-corrected chi connectivity index (χ4v) is 1.42. The molecule has 0 saturated carbocycles. The molecule has 0 aromatic heterocycles. The number of hydrogen-bond acceptors (Lipinski definition) is 3. The van der Waals surface area contributed by atoms with Gasteiger partial charge in [-0.3, -0.25) is 10.9 Å². The van der Waals surface area contributed by atoms with Gasteiger partial charge in [-0.25, -0.2) is 0 Å². The molecule has 0 bridgehead atoms. The molecule has 1 aliphatic heterocycles. The topological polar surface area (TPSA) is 33.3 Å². The highest BCUT2D eigenvalue weighted by atomic mass is 16.5. The third kappa shape index (κ3) is 4.07. The summed E-state index contributed by atoms with van der Waals surface area (Å²) in [4.78, 5) is 0. The van der Waals surface area contributed by atoms with Crippen LogP contribution in [-0.2, 0) is 4.74 Å². The molecule has 0 aromatic carbocycles. The summed E-state index contributed by atoms with van der Waals surface area (Å²) in [5, 5.41) is 0. The van der Waals surface area contributed by atoms with Gasteiger partial charge in [-0.1, -0.05) is 0 Å². The lowest BCUT2D eigenvalue weighted by molar-refractivity contribution is -0.00397. The summed E-state index contributed by atoms with van der Waals surface area (Å²) >= 11 is 0. The minimum Gasteiger partial charge on any atom is -0.377 e. The Hall–Kier alpha value is -0.120. The van der Waals surface area contributed by atoms with Crippen LogP contribution in [0.2, 0.25) is 0 Å². The van der Waals surface area contributed by atoms with E-state index in [-0.39, 0.29) is 5.54 Å². The van der Waals surface area contributed by atoms with Gasteiger partial charge in [-0.15, -0.1) is 0 Å². The second kappa shape index (κ2) is 4.40. The van der Waals surface area contributed by atoms with Crippen LogP contribution in [0.25, 0.3) is 0 Å². The summed E-state index contributed by atoms with van der Waals surface area (Å²) < 4.78 is 5.55. The quantitative estimate of drug-likeness (QED) is 0.640. The van der Waals surface area contributed by atoms with E-state index in [0.29, 0.717) is 12.1 Å². The Morgan fingerprint density at radius 2 is 2.00 bits per heavy atom. The van der Waals surface area contributed by atoms with Gasteiger partial charge in [0.1, 0.15) is 0 Å². The Bertz CT molecular complexity index is 153. The molecule has 0 amide bonds. The SMILES string of the molecule is CC1OCCCC1NNC(C)(C)C. The average molecular weight is 186 g/mol. The van der Waals surface area contributed by atoms with Crippen molar-refractivity contribution < 1.29 is 4.74 Å². The molecule has 1 fully saturated rings. The van der Waals surface area contributed by atoms with Crippen LogP contribution in [-0.4, -0.2) is 24.3 Å². The van der Waals surface area contributed by atoms with Crippen LogP contribution in [0.4, 0.5) is 0 Å². The van der Waals surface area contributed by atoms with Crippen LogP contribution in [0.5, 0.6) is 0 Å². The highest BCUT2D eigenvalue weighted by Gasteiger charge is 2.22. The van der Waals surface area contributed by atoms with Crippen molar-refractivity contribution in [2.24, 2.45) is 0 Å². The van der Waals surface area contributed by atoms with E-state index in [1.165, 1.54) is 6.42 Å². The summed E-state index contributed by atoms with van der Waals surface area (Å²) in [6, 6.07) is 0.452. The maximum Gasteiger partial charge on any atom is 0.0713 e. The highest BCUT2D eigenvalue weighted by Crippen LogP contribution is 2.13. The molecule has 2 atom stereocenters. The predicted octanol–water partition coefficient (Wildman–Crippen LogP) is 1.45. The minimum absolute atomic E-state index is 0.122. The molecular weight excluding hydrogens is 164 g/mol. The summed E-state index contributed by atoms with van der Waals surface area (Å²) in [6.07, 6.45) is 2.68. The van der Waals surface area contributed by atoms with Crippen molar-refractivity contribution in [3.63, 3.8) is 0 Å². The van der Waals surface area contributed by atoms with Crippen LogP contribution >= 0.6 is 0 Å². The van der Waals surface area contributed by atoms with E-state index in [1.54, 1.807) is 0 Å². The van der Waals surface area contributed by atoms with Gasteiger partial charge in [0.2, 0.25) is 0 Å². The van der Waals surface area contributed by atoms with Gasteiger partial charge in [-0.2, -0.15) is 0 Å². The first-order chi connectivity index (χ1) is 5.99. The molecule has 1 saturated heterocycles. The second-order valence-electron chi connectivity index (χ2n) is 4.84. The van der Waals surface area contributed by atoms with E-state index in [9.17, 15) is 0 Å². The van der Waals surface area contributed by atoms with Crippen LogP contribution in [0.1, 0.15) is 40.5 Å². The maximum absolute atomic E-state index is 5.55. The van der Waals surface area contributed by atoms with E-state index in [2.05, 4.69) is 38.5 Å². The molecule has 78 valence electrons. The highest BCUT2D eigenvalue weighted by molar-refractivity contribution is 4.78. The monoisotopic (exact) mass is 186 g/mol. The molecule has 3 heteroatoms. The van der Waals surface area contributed by atoms with E-state index >= 15 is 0 Å². The zero-order valence-electron chi connectivity index (χ0n) is 9.18. The zero-order chi connectivity index (χ0) is 9.90. The van der Waals surface area contributed by atoms with Crippen molar-refractivity contribution in [3.8, 4) is 0 Å². The van der Waals surface area contributed by atoms with Crippen molar-refractivity contribution in [3.05, 3.63) is 0 Å². The predicted molar refractivity (Wildman–Crippen MR) is 54.5 cm³/mol. The van der Waals surface area contributed by atoms with Crippen molar-refractivity contribution in [2.45, 2.75) is 58.2 Å². The molecule has 1 rings (SSSR count). The largest absolute Gasteiger partial charge is 0.377 e. The van der Waals surface area contributed by atoms with Gasteiger partial charge in [0.15, 0.2) is 0 Å². The van der Waals surface area contributed by atoms with Crippen LogP contribution in [0.3, 0.4) is 0 Å². The first-order valence-corrected chi connectivity index (χ1v) is 5.13. The van der Waals surface area contributed by atoms with Gasteiger partial charge in [0, 0.05) is 18.2 Å². The van der Waals surface area contributed by atoms with E-state index in [1.807, 2.05) is 0 Å². The number of rotatable bonds is 2. The molecule has 3 nitrogen and oxygen atoms in total. The summed E-state index contributed by atoms with van der Waals surface area (Å²) in [6.45, 7) is 9.48. The van der Waals surface area contributed by atoms with Crippen molar-refractivity contribution in [1.29, 1.82) is 0 Å². The average Bonchev–Trinajstić information content (AvgIpc) is 2.01. The van der Waals surface area contributed by atoms with Gasteiger partial charge in [-0.05, 0) is 40.5 Å². The normalized spacial score (nSPS) is 30.5. The van der Waals surface area contributed by atoms with Gasteiger partial charge < -0.3 is 4.74 Å². The summed E-state index contributed by atoms with van der Waals surface area (Å²) in [5.74, 6) is 0. The van der Waals surface area contributed by atoms with Crippen molar-refractivity contribution >= 4 is 0 Å². The fourth-order valence-electron chi connectivity index (χ4n) is 1.42. The van der Waals surface area contributed by atoms with Gasteiger partial charge >= 0.3 is 0 Å².